The second-order valence-corrected chi connectivity index (χ2v) is 5.37. The average Bonchev–Trinajstić information content (AvgIpc) is 2.34. The first-order valence-corrected chi connectivity index (χ1v) is 6.83. The fraction of sp³-hybridized carbons (Fsp3) is 0.538. The van der Waals surface area contributed by atoms with Gasteiger partial charge in [-0.25, -0.2) is 0 Å². The molecule has 0 heterocycles. The first-order chi connectivity index (χ1) is 8.78. The number of aliphatic hydroxyl groups excluding tert-OH is 1. The minimum atomic E-state index is -4.42. The van der Waals surface area contributed by atoms with Gasteiger partial charge in [-0.15, -0.1) is 0 Å². The van der Waals surface area contributed by atoms with Crippen LogP contribution in [0.1, 0.15) is 32.3 Å². The van der Waals surface area contributed by atoms with Gasteiger partial charge in [-0.1, -0.05) is 29.8 Å². The van der Waals surface area contributed by atoms with Crippen LogP contribution in [0.3, 0.4) is 0 Å². The first-order valence-electron chi connectivity index (χ1n) is 6.04. The third-order valence-electron chi connectivity index (χ3n) is 3.34. The van der Waals surface area contributed by atoms with Crippen molar-refractivity contribution < 1.29 is 18.3 Å². The van der Waals surface area contributed by atoms with E-state index in [1.807, 2.05) is 13.8 Å². The summed E-state index contributed by atoms with van der Waals surface area (Å²) in [5.74, 6) is 0. The maximum absolute atomic E-state index is 12.9. The summed E-state index contributed by atoms with van der Waals surface area (Å²) < 4.78 is 39.4. The third kappa shape index (κ3) is 3.86. The Balaban J connectivity index is 3.22. The van der Waals surface area contributed by atoms with Gasteiger partial charge in [0.15, 0.2) is 0 Å². The molecule has 1 aromatic rings. The smallest absolute Gasteiger partial charge is 0.394 e. The molecule has 19 heavy (non-hydrogen) atoms. The van der Waals surface area contributed by atoms with Crippen LogP contribution in [0.25, 0.3) is 0 Å². The number of nitrogens with one attached hydrogen (secondary N) is 1. The van der Waals surface area contributed by atoms with E-state index in [1.54, 1.807) is 0 Å². The van der Waals surface area contributed by atoms with Crippen molar-refractivity contribution in [3.05, 3.63) is 28.2 Å². The maximum Gasteiger partial charge on any atom is 0.418 e. The van der Waals surface area contributed by atoms with Crippen LogP contribution in [0.4, 0.5) is 18.9 Å². The molecule has 0 aliphatic carbocycles. The number of hydrogen-bond acceptors (Lipinski definition) is 2. The van der Waals surface area contributed by atoms with E-state index < -0.39 is 17.3 Å². The Morgan fingerprint density at radius 2 is 1.79 bits per heavy atom. The third-order valence-corrected chi connectivity index (χ3v) is 3.84. The van der Waals surface area contributed by atoms with Crippen molar-refractivity contribution in [1.29, 1.82) is 0 Å². The van der Waals surface area contributed by atoms with Crippen molar-refractivity contribution in [3.8, 4) is 0 Å². The van der Waals surface area contributed by atoms with Crippen molar-refractivity contribution >= 4 is 21.6 Å². The number of anilines is 1. The highest BCUT2D eigenvalue weighted by molar-refractivity contribution is 9.10. The van der Waals surface area contributed by atoms with Gasteiger partial charge in [-0.3, -0.25) is 0 Å². The summed E-state index contributed by atoms with van der Waals surface area (Å²) in [5, 5.41) is 12.3. The van der Waals surface area contributed by atoms with Gasteiger partial charge < -0.3 is 10.4 Å². The maximum atomic E-state index is 12.9. The molecule has 6 heteroatoms. The minimum absolute atomic E-state index is 0.0142. The lowest BCUT2D eigenvalue weighted by Crippen LogP contribution is -2.41. The van der Waals surface area contributed by atoms with Gasteiger partial charge in [0.25, 0.3) is 0 Å². The molecule has 0 unspecified atom stereocenters. The molecule has 0 saturated heterocycles. The second-order valence-electron chi connectivity index (χ2n) is 4.46. The average molecular weight is 340 g/mol. The molecule has 2 nitrogen and oxygen atoms in total. The highest BCUT2D eigenvalue weighted by atomic mass is 79.9. The topological polar surface area (TPSA) is 32.3 Å². The molecule has 0 aliphatic rings. The first kappa shape index (κ1) is 16.3. The number of aliphatic hydroxyl groups is 1. The predicted octanol–water partition coefficient (Wildman–Crippen LogP) is 4.43. The van der Waals surface area contributed by atoms with Crippen LogP contribution in [0.5, 0.6) is 0 Å². The lowest BCUT2D eigenvalue weighted by atomic mass is 9.93. The fourth-order valence-corrected chi connectivity index (χ4v) is 2.20. The molecule has 0 atom stereocenters. The van der Waals surface area contributed by atoms with Gasteiger partial charge in [0.1, 0.15) is 0 Å². The summed E-state index contributed by atoms with van der Waals surface area (Å²) in [6, 6.07) is 3.77. The molecule has 0 amide bonds. The lowest BCUT2D eigenvalue weighted by molar-refractivity contribution is -0.137. The molecule has 0 spiro atoms. The Labute approximate surface area is 119 Å². The number of rotatable bonds is 5. The summed E-state index contributed by atoms with van der Waals surface area (Å²) in [4.78, 5) is 0. The Hall–Kier alpha value is -0.750. The Morgan fingerprint density at radius 3 is 2.21 bits per heavy atom. The van der Waals surface area contributed by atoms with Crippen LogP contribution in [0.15, 0.2) is 22.7 Å². The van der Waals surface area contributed by atoms with Crippen LogP contribution in [-0.4, -0.2) is 17.3 Å². The van der Waals surface area contributed by atoms with Gasteiger partial charge in [0, 0.05) is 10.2 Å². The largest absolute Gasteiger partial charge is 0.418 e. The molecule has 0 aliphatic heterocycles. The molecule has 2 N–H and O–H groups in total. The Morgan fingerprint density at radius 1 is 1.21 bits per heavy atom. The quantitative estimate of drug-likeness (QED) is 0.831. The predicted molar refractivity (Wildman–Crippen MR) is 73.2 cm³/mol. The van der Waals surface area contributed by atoms with E-state index >= 15 is 0 Å². The molecular weight excluding hydrogens is 323 g/mol. The highest BCUT2D eigenvalue weighted by Gasteiger charge is 2.35. The second kappa shape index (κ2) is 6.13. The van der Waals surface area contributed by atoms with Crippen LogP contribution >= 0.6 is 15.9 Å². The number of alkyl halides is 3. The summed E-state index contributed by atoms with van der Waals surface area (Å²) in [6.45, 7) is 3.44. The van der Waals surface area contributed by atoms with Crippen LogP contribution in [-0.2, 0) is 6.18 Å². The summed E-state index contributed by atoms with van der Waals surface area (Å²) >= 11 is 3.17. The van der Waals surface area contributed by atoms with Crippen molar-refractivity contribution in [2.24, 2.45) is 0 Å². The molecule has 1 rings (SSSR count). The van der Waals surface area contributed by atoms with E-state index in [4.69, 9.17) is 0 Å². The van der Waals surface area contributed by atoms with Crippen LogP contribution < -0.4 is 5.32 Å². The molecule has 0 radical (unpaired) electrons. The molecular formula is C13H17BrF3NO. The minimum Gasteiger partial charge on any atom is -0.394 e. The highest BCUT2D eigenvalue weighted by Crippen LogP contribution is 2.38. The Kier molecular flexibility index (Phi) is 5.26. The molecule has 108 valence electrons. The van der Waals surface area contributed by atoms with Crippen molar-refractivity contribution in [3.63, 3.8) is 0 Å². The van der Waals surface area contributed by atoms with E-state index in [1.165, 1.54) is 12.1 Å². The fourth-order valence-electron chi connectivity index (χ4n) is 1.84. The molecule has 1 aromatic carbocycles. The molecule has 0 saturated carbocycles. The van der Waals surface area contributed by atoms with Crippen molar-refractivity contribution in [1.82, 2.24) is 0 Å². The number of halogens is 4. The summed E-state index contributed by atoms with van der Waals surface area (Å²) in [6.07, 6.45) is -3.36. The standard InChI is InChI=1S/C13H17BrF3NO/c1-3-12(4-2,8-19)18-11-7-9(14)5-6-10(11)13(15,16)17/h5-7,18-19H,3-4,8H2,1-2H3. The molecule has 0 fully saturated rings. The van der Waals surface area contributed by atoms with Crippen LogP contribution in [0.2, 0.25) is 0 Å². The van der Waals surface area contributed by atoms with Gasteiger partial charge in [0.2, 0.25) is 0 Å². The zero-order valence-electron chi connectivity index (χ0n) is 10.8. The van der Waals surface area contributed by atoms with E-state index in [-0.39, 0.29) is 12.3 Å². The molecule has 0 bridgehead atoms. The van der Waals surface area contributed by atoms with Crippen LogP contribution in [0, 0.1) is 0 Å². The summed E-state index contributed by atoms with van der Waals surface area (Å²) in [5.41, 5.74) is -1.48. The zero-order chi connectivity index (χ0) is 14.7. The Bertz CT molecular complexity index is 422. The van der Waals surface area contributed by atoms with E-state index in [0.717, 1.165) is 6.07 Å². The molecule has 0 aromatic heterocycles. The van der Waals surface area contributed by atoms with E-state index in [0.29, 0.717) is 17.3 Å². The SMILES string of the molecule is CCC(CC)(CO)Nc1cc(Br)ccc1C(F)(F)F. The number of hydrogen-bond donors (Lipinski definition) is 2. The lowest BCUT2D eigenvalue weighted by Gasteiger charge is -2.33. The van der Waals surface area contributed by atoms with Gasteiger partial charge in [-0.2, -0.15) is 13.2 Å². The monoisotopic (exact) mass is 339 g/mol. The normalized spacial score (nSPS) is 12.6. The van der Waals surface area contributed by atoms with E-state index in [2.05, 4.69) is 21.2 Å². The number of benzene rings is 1. The van der Waals surface area contributed by atoms with Crippen molar-refractivity contribution in [2.45, 2.75) is 38.4 Å². The van der Waals surface area contributed by atoms with Gasteiger partial charge in [-0.05, 0) is 31.0 Å². The summed E-state index contributed by atoms with van der Waals surface area (Å²) in [7, 11) is 0. The zero-order valence-corrected chi connectivity index (χ0v) is 12.4. The van der Waals surface area contributed by atoms with E-state index in [9.17, 15) is 18.3 Å². The van der Waals surface area contributed by atoms with Crippen molar-refractivity contribution in [2.75, 3.05) is 11.9 Å². The van der Waals surface area contributed by atoms with Gasteiger partial charge >= 0.3 is 6.18 Å². The van der Waals surface area contributed by atoms with Gasteiger partial charge in [0.05, 0.1) is 17.7 Å².